The molecule has 4 amide bonds. The third-order valence-electron chi connectivity index (χ3n) is 2.25. The highest BCUT2D eigenvalue weighted by atomic mass is 127. The maximum Gasteiger partial charge on any atom is 0.335 e. The van der Waals surface area contributed by atoms with Gasteiger partial charge in [0.25, 0.3) is 18.0 Å². The SMILES string of the molecule is O=C1NC(=O)N(c2ccc(Cl)cc2I)C(=O)C1F. The molecule has 1 saturated heterocycles. The van der Waals surface area contributed by atoms with Crippen molar-refractivity contribution < 1.29 is 18.8 Å². The minimum absolute atomic E-state index is 0.178. The Balaban J connectivity index is 2.46. The van der Waals surface area contributed by atoms with Gasteiger partial charge in [0.15, 0.2) is 0 Å². The molecule has 0 bridgehead atoms. The summed E-state index contributed by atoms with van der Waals surface area (Å²) >= 11 is 7.60. The first-order valence-corrected chi connectivity index (χ1v) is 6.15. The number of nitrogens with zero attached hydrogens (tertiary/aromatic N) is 1. The molecule has 18 heavy (non-hydrogen) atoms. The second-order valence-corrected chi connectivity index (χ2v) is 5.02. The molecule has 1 heterocycles. The van der Waals surface area contributed by atoms with Crippen LogP contribution >= 0.6 is 34.2 Å². The van der Waals surface area contributed by atoms with E-state index < -0.39 is 24.0 Å². The summed E-state index contributed by atoms with van der Waals surface area (Å²) in [6.45, 7) is 0. The summed E-state index contributed by atoms with van der Waals surface area (Å²) in [5.74, 6) is -2.45. The van der Waals surface area contributed by atoms with Crippen molar-refractivity contribution in [2.75, 3.05) is 4.90 Å². The number of carbonyl (C=O) groups excluding carboxylic acids is 3. The number of carbonyl (C=O) groups is 3. The molecule has 0 saturated carbocycles. The fourth-order valence-electron chi connectivity index (χ4n) is 1.44. The number of nitrogens with one attached hydrogen (secondary N) is 1. The maximum absolute atomic E-state index is 13.3. The van der Waals surface area contributed by atoms with Crippen molar-refractivity contribution in [3.8, 4) is 0 Å². The molecule has 2 rings (SSSR count). The maximum atomic E-state index is 13.3. The van der Waals surface area contributed by atoms with Crippen LogP contribution in [0.25, 0.3) is 0 Å². The molecule has 1 aromatic carbocycles. The first-order chi connectivity index (χ1) is 8.41. The molecule has 1 aliphatic rings. The van der Waals surface area contributed by atoms with E-state index in [1.807, 2.05) is 22.6 Å². The Morgan fingerprint density at radius 1 is 1.33 bits per heavy atom. The zero-order valence-corrected chi connectivity index (χ0v) is 11.5. The molecule has 1 unspecified atom stereocenters. The molecular weight excluding hydrogens is 377 g/mol. The first-order valence-electron chi connectivity index (χ1n) is 4.69. The van der Waals surface area contributed by atoms with Crippen molar-refractivity contribution in [1.82, 2.24) is 5.32 Å². The predicted molar refractivity (Wildman–Crippen MR) is 70.1 cm³/mol. The Morgan fingerprint density at radius 3 is 2.61 bits per heavy atom. The van der Waals surface area contributed by atoms with Crippen LogP contribution in [0, 0.1) is 3.57 Å². The lowest BCUT2D eigenvalue weighted by Crippen LogP contribution is -2.59. The quantitative estimate of drug-likeness (QED) is 0.596. The van der Waals surface area contributed by atoms with E-state index in [0.29, 0.717) is 13.5 Å². The van der Waals surface area contributed by atoms with Gasteiger partial charge in [-0.1, -0.05) is 11.6 Å². The molecule has 0 aliphatic carbocycles. The number of halogens is 3. The highest BCUT2D eigenvalue weighted by molar-refractivity contribution is 14.1. The summed E-state index contributed by atoms with van der Waals surface area (Å²) in [4.78, 5) is 34.7. The molecule has 0 aromatic heterocycles. The van der Waals surface area contributed by atoms with E-state index in [9.17, 15) is 18.8 Å². The van der Waals surface area contributed by atoms with Gasteiger partial charge >= 0.3 is 6.03 Å². The van der Waals surface area contributed by atoms with E-state index in [4.69, 9.17) is 11.6 Å². The fraction of sp³-hybridized carbons (Fsp3) is 0.100. The van der Waals surface area contributed by atoms with Crippen LogP contribution in [0.15, 0.2) is 18.2 Å². The summed E-state index contributed by atoms with van der Waals surface area (Å²) in [5.41, 5.74) is 0.178. The number of barbiturate groups is 1. The van der Waals surface area contributed by atoms with E-state index in [0.717, 1.165) is 0 Å². The van der Waals surface area contributed by atoms with Crippen LogP contribution in [0.2, 0.25) is 5.02 Å². The number of hydrogen-bond donors (Lipinski definition) is 1. The van der Waals surface area contributed by atoms with Crippen LogP contribution in [0.1, 0.15) is 0 Å². The Kier molecular flexibility index (Phi) is 3.53. The van der Waals surface area contributed by atoms with Gasteiger partial charge in [0, 0.05) is 8.59 Å². The van der Waals surface area contributed by atoms with Gasteiger partial charge < -0.3 is 0 Å². The van der Waals surface area contributed by atoms with Crippen molar-refractivity contribution in [2.45, 2.75) is 6.17 Å². The predicted octanol–water partition coefficient (Wildman–Crippen LogP) is 1.87. The molecule has 8 heteroatoms. The summed E-state index contributed by atoms with van der Waals surface area (Å²) < 4.78 is 13.8. The van der Waals surface area contributed by atoms with Crippen LogP contribution in [-0.2, 0) is 9.59 Å². The molecule has 1 fully saturated rings. The third kappa shape index (κ3) is 2.19. The Hall–Kier alpha value is -1.22. The van der Waals surface area contributed by atoms with Crippen LogP contribution < -0.4 is 10.2 Å². The van der Waals surface area contributed by atoms with Gasteiger partial charge in [0.2, 0.25) is 0 Å². The standard InChI is InChI=1S/C10H5ClFIN2O3/c11-4-1-2-6(5(13)3-4)15-9(17)7(12)8(16)14-10(15)18/h1-3,7H,(H,14,16,18). The molecule has 0 spiro atoms. The smallest absolute Gasteiger partial charge is 0.274 e. The minimum Gasteiger partial charge on any atom is -0.274 e. The van der Waals surface area contributed by atoms with Gasteiger partial charge in [-0.3, -0.25) is 14.9 Å². The second-order valence-electron chi connectivity index (χ2n) is 3.43. The highest BCUT2D eigenvalue weighted by Crippen LogP contribution is 2.27. The normalized spacial score (nSPS) is 20.1. The van der Waals surface area contributed by atoms with E-state index in [-0.39, 0.29) is 5.69 Å². The molecule has 94 valence electrons. The van der Waals surface area contributed by atoms with Crippen molar-refractivity contribution in [3.05, 3.63) is 26.8 Å². The van der Waals surface area contributed by atoms with Crippen molar-refractivity contribution >= 4 is 57.7 Å². The molecule has 5 nitrogen and oxygen atoms in total. The van der Waals surface area contributed by atoms with Gasteiger partial charge in [0.05, 0.1) is 5.69 Å². The first kappa shape index (κ1) is 13.2. The molecule has 0 radical (unpaired) electrons. The van der Waals surface area contributed by atoms with Crippen molar-refractivity contribution in [1.29, 1.82) is 0 Å². The van der Waals surface area contributed by atoms with Gasteiger partial charge in [-0.15, -0.1) is 0 Å². The fourth-order valence-corrected chi connectivity index (χ4v) is 2.55. The van der Waals surface area contributed by atoms with Crippen LogP contribution in [0.3, 0.4) is 0 Å². The van der Waals surface area contributed by atoms with Crippen molar-refractivity contribution in [3.63, 3.8) is 0 Å². The largest absolute Gasteiger partial charge is 0.335 e. The number of imide groups is 2. The molecule has 1 aliphatic heterocycles. The Labute approximate surface area is 119 Å². The molecule has 1 aromatic rings. The number of alkyl halides is 1. The number of hydrogen-bond acceptors (Lipinski definition) is 3. The lowest BCUT2D eigenvalue weighted by atomic mass is 10.2. The molecule has 1 N–H and O–H groups in total. The number of amides is 4. The minimum atomic E-state index is -2.38. The van der Waals surface area contributed by atoms with Crippen LogP contribution in [0.5, 0.6) is 0 Å². The highest BCUT2D eigenvalue weighted by Gasteiger charge is 2.42. The number of urea groups is 1. The monoisotopic (exact) mass is 382 g/mol. The van der Waals surface area contributed by atoms with Gasteiger partial charge in [-0.2, -0.15) is 0 Å². The zero-order valence-electron chi connectivity index (χ0n) is 8.62. The van der Waals surface area contributed by atoms with Crippen LogP contribution in [0.4, 0.5) is 14.9 Å². The number of rotatable bonds is 1. The van der Waals surface area contributed by atoms with Gasteiger partial charge in [0.1, 0.15) is 0 Å². The average molecular weight is 383 g/mol. The van der Waals surface area contributed by atoms with Gasteiger partial charge in [-0.25, -0.2) is 14.1 Å². The van der Waals surface area contributed by atoms with E-state index in [1.165, 1.54) is 18.2 Å². The molecule has 1 atom stereocenters. The summed E-state index contributed by atoms with van der Waals surface area (Å²) in [6.07, 6.45) is -2.38. The number of benzene rings is 1. The van der Waals surface area contributed by atoms with E-state index in [2.05, 4.69) is 0 Å². The van der Waals surface area contributed by atoms with Crippen molar-refractivity contribution in [2.24, 2.45) is 0 Å². The lowest BCUT2D eigenvalue weighted by molar-refractivity contribution is -0.135. The number of anilines is 1. The summed E-state index contributed by atoms with van der Waals surface area (Å²) in [7, 11) is 0. The Bertz CT molecular complexity index is 566. The average Bonchev–Trinajstić information content (AvgIpc) is 2.29. The third-order valence-corrected chi connectivity index (χ3v) is 3.35. The zero-order chi connectivity index (χ0) is 13.4. The lowest BCUT2D eigenvalue weighted by Gasteiger charge is -2.27. The topological polar surface area (TPSA) is 66.5 Å². The second kappa shape index (κ2) is 4.81. The molecular formula is C10H5ClFIN2O3. The van der Waals surface area contributed by atoms with Crippen LogP contribution in [-0.4, -0.2) is 24.0 Å². The Morgan fingerprint density at radius 2 is 2.00 bits per heavy atom. The van der Waals surface area contributed by atoms with E-state index in [1.54, 1.807) is 5.32 Å². The van der Waals surface area contributed by atoms with E-state index >= 15 is 0 Å². The summed E-state index contributed by atoms with van der Waals surface area (Å²) in [5, 5.41) is 2.18. The summed E-state index contributed by atoms with van der Waals surface area (Å²) in [6, 6.07) is 3.41. The van der Waals surface area contributed by atoms with Gasteiger partial charge in [-0.05, 0) is 40.8 Å².